The van der Waals surface area contributed by atoms with Crippen molar-refractivity contribution in [2.45, 2.75) is 38.5 Å². The average Bonchev–Trinajstić information content (AvgIpc) is 3.47. The molecule has 0 spiro atoms. The number of carbonyl (C=O) groups is 2. The quantitative estimate of drug-likeness (QED) is 0.827. The van der Waals surface area contributed by atoms with Crippen molar-refractivity contribution >= 4 is 17.5 Å². The van der Waals surface area contributed by atoms with Gasteiger partial charge >= 0.3 is 0 Å². The Hall–Kier alpha value is -2.97. The molecule has 1 aliphatic carbocycles. The number of aromatic nitrogens is 4. The van der Waals surface area contributed by atoms with Gasteiger partial charge in [0.05, 0.1) is 12.8 Å². The summed E-state index contributed by atoms with van der Waals surface area (Å²) >= 11 is 0. The Balaban J connectivity index is 1.52. The Morgan fingerprint density at radius 3 is 2.52 bits per heavy atom. The van der Waals surface area contributed by atoms with Crippen molar-refractivity contribution in [3.8, 4) is 11.4 Å². The summed E-state index contributed by atoms with van der Waals surface area (Å²) in [4.78, 5) is 28.0. The molecule has 2 aromatic rings. The van der Waals surface area contributed by atoms with Crippen LogP contribution in [0.4, 0.5) is 5.69 Å². The zero-order valence-corrected chi connectivity index (χ0v) is 16.6. The van der Waals surface area contributed by atoms with E-state index in [1.165, 1.54) is 11.0 Å². The van der Waals surface area contributed by atoms with Crippen LogP contribution in [-0.2, 0) is 9.59 Å². The summed E-state index contributed by atoms with van der Waals surface area (Å²) in [5.41, 5.74) is 1.27. The monoisotopic (exact) mass is 398 g/mol. The van der Waals surface area contributed by atoms with E-state index in [2.05, 4.69) is 20.8 Å². The van der Waals surface area contributed by atoms with Gasteiger partial charge in [0.1, 0.15) is 12.1 Å². The van der Waals surface area contributed by atoms with Crippen molar-refractivity contribution in [2.24, 2.45) is 11.8 Å². The van der Waals surface area contributed by atoms with Gasteiger partial charge in [0.15, 0.2) is 0 Å². The van der Waals surface area contributed by atoms with Crippen molar-refractivity contribution in [3.63, 3.8) is 0 Å². The number of likely N-dealkylation sites (tertiary alicyclic amines) is 1. The summed E-state index contributed by atoms with van der Waals surface area (Å²) < 4.78 is 6.85. The maximum absolute atomic E-state index is 13.1. The van der Waals surface area contributed by atoms with Crippen molar-refractivity contribution in [2.75, 3.05) is 25.5 Å². The number of rotatable bonds is 5. The van der Waals surface area contributed by atoms with Gasteiger partial charge in [0.25, 0.3) is 0 Å². The second-order valence-electron chi connectivity index (χ2n) is 7.69. The highest BCUT2D eigenvalue weighted by atomic mass is 16.5. The second kappa shape index (κ2) is 8.59. The van der Waals surface area contributed by atoms with Crippen LogP contribution in [0.5, 0.6) is 5.75 Å². The van der Waals surface area contributed by atoms with Crippen LogP contribution in [0.3, 0.4) is 0 Å². The zero-order chi connectivity index (χ0) is 20.2. The van der Waals surface area contributed by atoms with Crippen molar-refractivity contribution in [1.29, 1.82) is 0 Å². The van der Waals surface area contributed by atoms with E-state index in [4.69, 9.17) is 4.74 Å². The normalized spacial score (nSPS) is 21.8. The molecule has 0 unspecified atom stereocenters. The van der Waals surface area contributed by atoms with Crippen LogP contribution in [-0.4, -0.2) is 57.1 Å². The lowest BCUT2D eigenvalue weighted by Gasteiger charge is -2.32. The average molecular weight is 398 g/mol. The first-order valence-electron chi connectivity index (χ1n) is 10.2. The third-order valence-electron chi connectivity index (χ3n) is 5.85. The highest BCUT2D eigenvalue weighted by molar-refractivity contribution is 5.96. The zero-order valence-electron chi connectivity index (χ0n) is 16.6. The third kappa shape index (κ3) is 4.23. The predicted octanol–water partition coefficient (Wildman–Crippen LogP) is 2.04. The van der Waals surface area contributed by atoms with Crippen LogP contribution in [0.1, 0.15) is 38.5 Å². The molecular formula is C20H26N6O3. The summed E-state index contributed by atoms with van der Waals surface area (Å²) in [5.74, 6) is 0.0770. The molecule has 9 heteroatoms. The third-order valence-corrected chi connectivity index (χ3v) is 5.85. The largest absolute Gasteiger partial charge is 0.497 e. The minimum atomic E-state index is -0.306. The van der Waals surface area contributed by atoms with Gasteiger partial charge in [-0.25, -0.2) is 4.68 Å². The topological polar surface area (TPSA) is 102 Å². The van der Waals surface area contributed by atoms with Crippen LogP contribution in [0.15, 0.2) is 24.5 Å². The molecule has 4 rings (SSSR count). The van der Waals surface area contributed by atoms with Gasteiger partial charge in [0, 0.05) is 42.7 Å². The van der Waals surface area contributed by atoms with Gasteiger partial charge in [-0.15, -0.1) is 5.10 Å². The highest BCUT2D eigenvalue weighted by Crippen LogP contribution is 2.34. The number of hydrogen-bond donors (Lipinski definition) is 1. The standard InChI is InChI=1S/C20H26N6O3/c1-29-16-11-14(10-15(12-16)26-13-21-23-24-26)22-19(27)17-6-2-3-7-18(17)20(28)25-8-4-5-9-25/h10-13,17-18H,2-9H2,1H3,(H,22,27)/t17-,18+/m0/s1. The number of benzene rings is 1. The fraction of sp³-hybridized carbons (Fsp3) is 0.550. The molecule has 1 aliphatic heterocycles. The number of tetrazole rings is 1. The molecule has 2 fully saturated rings. The number of carbonyl (C=O) groups excluding carboxylic acids is 2. The molecule has 29 heavy (non-hydrogen) atoms. The summed E-state index contributed by atoms with van der Waals surface area (Å²) in [5, 5.41) is 14.2. The molecule has 0 radical (unpaired) electrons. The minimum absolute atomic E-state index is 0.113. The van der Waals surface area contributed by atoms with Gasteiger partial charge in [0.2, 0.25) is 11.8 Å². The summed E-state index contributed by atoms with van der Waals surface area (Å²) in [6.45, 7) is 1.63. The van der Waals surface area contributed by atoms with Gasteiger partial charge in [-0.1, -0.05) is 12.8 Å². The van der Waals surface area contributed by atoms with E-state index in [1.807, 2.05) is 4.90 Å². The lowest BCUT2D eigenvalue weighted by Crippen LogP contribution is -2.42. The molecule has 9 nitrogen and oxygen atoms in total. The van der Waals surface area contributed by atoms with Crippen LogP contribution >= 0.6 is 0 Å². The van der Waals surface area contributed by atoms with E-state index in [9.17, 15) is 9.59 Å². The summed E-state index contributed by atoms with van der Waals surface area (Å²) in [6, 6.07) is 5.33. The molecule has 2 amide bonds. The fourth-order valence-corrected chi connectivity index (χ4v) is 4.33. The van der Waals surface area contributed by atoms with Crippen LogP contribution in [0, 0.1) is 11.8 Å². The molecule has 1 saturated carbocycles. The number of amides is 2. The van der Waals surface area contributed by atoms with Crippen LogP contribution in [0.25, 0.3) is 5.69 Å². The smallest absolute Gasteiger partial charge is 0.228 e. The predicted molar refractivity (Wildman–Crippen MR) is 106 cm³/mol. The first-order valence-corrected chi connectivity index (χ1v) is 10.2. The molecule has 0 bridgehead atoms. The van der Waals surface area contributed by atoms with E-state index in [1.54, 1.807) is 25.3 Å². The molecule has 1 aromatic heterocycles. The Morgan fingerprint density at radius 1 is 1.07 bits per heavy atom. The van der Waals surface area contributed by atoms with Gasteiger partial charge in [-0.2, -0.15) is 0 Å². The van der Waals surface area contributed by atoms with Crippen LogP contribution in [0.2, 0.25) is 0 Å². The number of anilines is 1. The van der Waals surface area contributed by atoms with Crippen molar-refractivity contribution < 1.29 is 14.3 Å². The van der Waals surface area contributed by atoms with E-state index in [0.29, 0.717) is 17.1 Å². The van der Waals surface area contributed by atoms with Gasteiger partial charge in [-0.3, -0.25) is 9.59 Å². The number of methoxy groups -OCH3 is 1. The van der Waals surface area contributed by atoms with E-state index < -0.39 is 0 Å². The molecule has 2 atom stereocenters. The molecule has 1 saturated heterocycles. The van der Waals surface area contributed by atoms with E-state index in [-0.39, 0.29) is 23.7 Å². The van der Waals surface area contributed by atoms with E-state index >= 15 is 0 Å². The molecule has 1 aromatic carbocycles. The number of ether oxygens (including phenoxy) is 1. The van der Waals surface area contributed by atoms with Crippen molar-refractivity contribution in [1.82, 2.24) is 25.1 Å². The van der Waals surface area contributed by atoms with Crippen LogP contribution < -0.4 is 10.1 Å². The number of nitrogens with one attached hydrogen (secondary N) is 1. The lowest BCUT2D eigenvalue weighted by molar-refractivity contribution is -0.141. The van der Waals surface area contributed by atoms with Gasteiger partial charge in [-0.05, 0) is 42.2 Å². The molecule has 2 heterocycles. The Morgan fingerprint density at radius 2 is 1.83 bits per heavy atom. The Labute approximate surface area is 169 Å². The summed E-state index contributed by atoms with van der Waals surface area (Å²) in [7, 11) is 1.57. The fourth-order valence-electron chi connectivity index (χ4n) is 4.33. The van der Waals surface area contributed by atoms with Gasteiger partial charge < -0.3 is 15.0 Å². The molecule has 2 aliphatic rings. The first kappa shape index (κ1) is 19.4. The second-order valence-corrected chi connectivity index (χ2v) is 7.69. The highest BCUT2D eigenvalue weighted by Gasteiger charge is 2.38. The number of nitrogens with zero attached hydrogens (tertiary/aromatic N) is 5. The first-order chi connectivity index (χ1) is 14.2. The Kier molecular flexibility index (Phi) is 5.73. The minimum Gasteiger partial charge on any atom is -0.497 e. The molecule has 1 N–H and O–H groups in total. The lowest BCUT2D eigenvalue weighted by atomic mass is 9.77. The SMILES string of the molecule is COc1cc(NC(=O)[C@H]2CCCC[C@H]2C(=O)N2CCCC2)cc(-n2cnnn2)c1. The number of hydrogen-bond acceptors (Lipinski definition) is 6. The van der Waals surface area contributed by atoms with E-state index in [0.717, 1.165) is 51.6 Å². The summed E-state index contributed by atoms with van der Waals surface area (Å²) in [6.07, 6.45) is 7.07. The molecule has 154 valence electrons. The molecular weight excluding hydrogens is 372 g/mol. The maximum atomic E-state index is 13.1. The Bertz CT molecular complexity index is 863. The maximum Gasteiger partial charge on any atom is 0.228 e. The van der Waals surface area contributed by atoms with Crippen molar-refractivity contribution in [3.05, 3.63) is 24.5 Å².